The Hall–Kier alpha value is -0.0800. The molecule has 1 unspecified atom stereocenters. The van der Waals surface area contributed by atoms with E-state index in [1.807, 2.05) is 27.7 Å². The second kappa shape index (κ2) is 12.0. The highest BCUT2D eigenvalue weighted by molar-refractivity contribution is 4.73. The van der Waals surface area contributed by atoms with E-state index in [-0.39, 0.29) is 0 Å². The molecule has 0 bridgehead atoms. The second-order valence-corrected chi connectivity index (χ2v) is 3.84. The molecule has 0 saturated carbocycles. The van der Waals surface area contributed by atoms with Crippen molar-refractivity contribution in [2.75, 3.05) is 26.8 Å². The third-order valence-corrected chi connectivity index (χ3v) is 2.27. The van der Waals surface area contributed by atoms with E-state index in [1.54, 1.807) is 0 Å². The molecule has 0 amide bonds. The summed E-state index contributed by atoms with van der Waals surface area (Å²) in [5, 5.41) is 0. The first-order valence-electron chi connectivity index (χ1n) is 6.48. The highest BCUT2D eigenvalue weighted by Gasteiger charge is 2.19. The fraction of sp³-hybridized carbons (Fsp3) is 1.00. The van der Waals surface area contributed by atoms with Crippen molar-refractivity contribution in [2.45, 2.75) is 54.0 Å². The van der Waals surface area contributed by atoms with Gasteiger partial charge in [-0.25, -0.2) is 0 Å². The van der Waals surface area contributed by atoms with Crippen LogP contribution in [0, 0.1) is 5.92 Å². The van der Waals surface area contributed by atoms with E-state index in [4.69, 9.17) is 4.74 Å². The van der Waals surface area contributed by atoms with Crippen molar-refractivity contribution in [3.05, 3.63) is 0 Å². The Kier molecular flexibility index (Phi) is 13.8. The first-order valence-corrected chi connectivity index (χ1v) is 6.48. The molecule has 1 heterocycles. The Morgan fingerprint density at radius 3 is 2.13 bits per heavy atom. The van der Waals surface area contributed by atoms with E-state index < -0.39 is 0 Å². The van der Waals surface area contributed by atoms with Crippen LogP contribution in [0.2, 0.25) is 0 Å². The van der Waals surface area contributed by atoms with Crippen LogP contribution in [0.1, 0.15) is 48.0 Å². The standard InChI is InChI=1S/C9H19NO.2C2H6/c1-8(2)6-9-7-11-5-4-10(9)3;2*1-2/h8-9H,4-7H2,1-3H3;2*1-2H3. The van der Waals surface area contributed by atoms with Gasteiger partial charge < -0.3 is 4.74 Å². The lowest BCUT2D eigenvalue weighted by Gasteiger charge is -2.33. The van der Waals surface area contributed by atoms with Crippen molar-refractivity contribution in [3.63, 3.8) is 0 Å². The molecule has 94 valence electrons. The van der Waals surface area contributed by atoms with Crippen LogP contribution >= 0.6 is 0 Å². The predicted molar refractivity (Wildman–Crippen MR) is 69.4 cm³/mol. The van der Waals surface area contributed by atoms with E-state index in [0.717, 1.165) is 25.7 Å². The fourth-order valence-electron chi connectivity index (χ4n) is 1.53. The monoisotopic (exact) mass is 217 g/mol. The van der Waals surface area contributed by atoms with Crippen LogP contribution in [0.15, 0.2) is 0 Å². The third kappa shape index (κ3) is 8.88. The van der Waals surface area contributed by atoms with Crippen LogP contribution in [-0.4, -0.2) is 37.7 Å². The highest BCUT2D eigenvalue weighted by atomic mass is 16.5. The van der Waals surface area contributed by atoms with Gasteiger partial charge in [-0.1, -0.05) is 41.5 Å². The largest absolute Gasteiger partial charge is 0.378 e. The summed E-state index contributed by atoms with van der Waals surface area (Å²) in [4.78, 5) is 2.41. The second-order valence-electron chi connectivity index (χ2n) is 3.84. The van der Waals surface area contributed by atoms with Gasteiger partial charge in [-0.05, 0) is 19.4 Å². The minimum absolute atomic E-state index is 0.656. The Morgan fingerprint density at radius 1 is 1.20 bits per heavy atom. The number of morpholine rings is 1. The maximum atomic E-state index is 5.41. The Bertz CT molecular complexity index is 115. The van der Waals surface area contributed by atoms with Gasteiger partial charge in [-0.2, -0.15) is 0 Å². The number of ether oxygens (including phenoxy) is 1. The number of hydrogen-bond acceptors (Lipinski definition) is 2. The van der Waals surface area contributed by atoms with Crippen molar-refractivity contribution in [2.24, 2.45) is 5.92 Å². The maximum Gasteiger partial charge on any atom is 0.0622 e. The molecule has 1 atom stereocenters. The minimum Gasteiger partial charge on any atom is -0.378 e. The van der Waals surface area contributed by atoms with E-state index in [0.29, 0.717) is 6.04 Å². The lowest BCUT2D eigenvalue weighted by atomic mass is 10.0. The highest BCUT2D eigenvalue weighted by Crippen LogP contribution is 2.13. The van der Waals surface area contributed by atoms with Gasteiger partial charge in [0.25, 0.3) is 0 Å². The third-order valence-electron chi connectivity index (χ3n) is 2.27. The first-order chi connectivity index (χ1) is 7.20. The molecule has 2 heteroatoms. The van der Waals surface area contributed by atoms with Crippen LogP contribution in [0.5, 0.6) is 0 Å². The van der Waals surface area contributed by atoms with Crippen LogP contribution in [-0.2, 0) is 4.74 Å². The molecule has 1 aliphatic heterocycles. The molecule has 0 aromatic heterocycles. The molecule has 0 N–H and O–H groups in total. The summed E-state index contributed by atoms with van der Waals surface area (Å²) in [5.41, 5.74) is 0. The molecule has 0 aliphatic carbocycles. The van der Waals surface area contributed by atoms with E-state index in [1.165, 1.54) is 6.42 Å². The normalized spacial score (nSPS) is 21.2. The molecule has 0 radical (unpaired) electrons. The summed E-state index contributed by atoms with van der Waals surface area (Å²) in [6.45, 7) is 15.5. The molecule has 1 saturated heterocycles. The van der Waals surface area contributed by atoms with Gasteiger partial charge >= 0.3 is 0 Å². The zero-order valence-electron chi connectivity index (χ0n) is 11.8. The summed E-state index contributed by atoms with van der Waals surface area (Å²) in [5.74, 6) is 0.782. The molecule has 0 aromatic rings. The van der Waals surface area contributed by atoms with E-state index >= 15 is 0 Å². The molecule has 0 spiro atoms. The first kappa shape index (κ1) is 17.3. The van der Waals surface area contributed by atoms with Crippen molar-refractivity contribution in [1.82, 2.24) is 4.90 Å². The lowest BCUT2D eigenvalue weighted by Crippen LogP contribution is -2.43. The van der Waals surface area contributed by atoms with Crippen molar-refractivity contribution in [1.29, 1.82) is 0 Å². The smallest absolute Gasteiger partial charge is 0.0622 e. The van der Waals surface area contributed by atoms with Crippen LogP contribution in [0.4, 0.5) is 0 Å². The summed E-state index contributed by atoms with van der Waals surface area (Å²) >= 11 is 0. The topological polar surface area (TPSA) is 12.5 Å². The van der Waals surface area contributed by atoms with Gasteiger partial charge in [0.05, 0.1) is 13.2 Å². The predicted octanol–water partition coefficient (Wildman–Crippen LogP) is 3.42. The Balaban J connectivity index is 0. The van der Waals surface area contributed by atoms with Gasteiger partial charge in [0.1, 0.15) is 0 Å². The Morgan fingerprint density at radius 2 is 1.73 bits per heavy atom. The van der Waals surface area contributed by atoms with Crippen LogP contribution in [0.3, 0.4) is 0 Å². The summed E-state index contributed by atoms with van der Waals surface area (Å²) in [7, 11) is 2.19. The van der Waals surface area contributed by atoms with Gasteiger partial charge in [-0.15, -0.1) is 0 Å². The zero-order chi connectivity index (χ0) is 12.3. The SMILES string of the molecule is CC.CC.CC(C)CC1COCCN1C. The quantitative estimate of drug-likeness (QED) is 0.703. The molecule has 1 fully saturated rings. The fourth-order valence-corrected chi connectivity index (χ4v) is 1.53. The lowest BCUT2D eigenvalue weighted by molar-refractivity contribution is -0.00131. The van der Waals surface area contributed by atoms with E-state index in [9.17, 15) is 0 Å². The van der Waals surface area contributed by atoms with Gasteiger partial charge in [-0.3, -0.25) is 4.90 Å². The van der Waals surface area contributed by atoms with Crippen molar-refractivity contribution >= 4 is 0 Å². The summed E-state index contributed by atoms with van der Waals surface area (Å²) in [6.07, 6.45) is 1.26. The number of likely N-dealkylation sites (N-methyl/N-ethyl adjacent to an activating group) is 1. The summed E-state index contributed by atoms with van der Waals surface area (Å²) in [6, 6.07) is 0.656. The molecule has 2 nitrogen and oxygen atoms in total. The average molecular weight is 217 g/mol. The number of rotatable bonds is 2. The Labute approximate surface area is 97.0 Å². The molecule has 0 aromatic carbocycles. The molecule has 15 heavy (non-hydrogen) atoms. The molecular weight excluding hydrogens is 186 g/mol. The minimum atomic E-state index is 0.656. The molecular formula is C13H31NO. The van der Waals surface area contributed by atoms with Crippen molar-refractivity contribution < 1.29 is 4.74 Å². The molecule has 1 aliphatic rings. The average Bonchev–Trinajstić information content (AvgIpc) is 2.27. The van der Waals surface area contributed by atoms with E-state index in [2.05, 4.69) is 25.8 Å². The van der Waals surface area contributed by atoms with Crippen LogP contribution < -0.4 is 0 Å². The zero-order valence-corrected chi connectivity index (χ0v) is 11.8. The van der Waals surface area contributed by atoms with Gasteiger partial charge in [0.15, 0.2) is 0 Å². The number of nitrogens with zero attached hydrogens (tertiary/aromatic N) is 1. The van der Waals surface area contributed by atoms with Crippen LogP contribution in [0.25, 0.3) is 0 Å². The molecule has 1 rings (SSSR count). The number of hydrogen-bond donors (Lipinski definition) is 0. The summed E-state index contributed by atoms with van der Waals surface area (Å²) < 4.78 is 5.41. The van der Waals surface area contributed by atoms with Crippen molar-refractivity contribution in [3.8, 4) is 0 Å². The maximum absolute atomic E-state index is 5.41. The van der Waals surface area contributed by atoms with Gasteiger partial charge in [0, 0.05) is 12.6 Å². The van der Waals surface area contributed by atoms with Gasteiger partial charge in [0.2, 0.25) is 0 Å².